The number of benzene rings is 2. The molecule has 0 saturated carbocycles. The molecule has 1 fully saturated rings. The number of halogens is 1. The van der Waals surface area contributed by atoms with E-state index in [-0.39, 0.29) is 41.4 Å². The molecule has 1 aliphatic heterocycles. The first-order valence-electron chi connectivity index (χ1n) is 13.1. The Kier molecular flexibility index (Phi) is 10.6. The van der Waals surface area contributed by atoms with Crippen LogP contribution in [0.3, 0.4) is 0 Å². The Morgan fingerprint density at radius 1 is 1.12 bits per heavy atom. The molecule has 1 aliphatic rings. The monoisotopic (exact) mass is 601 g/mol. The van der Waals surface area contributed by atoms with E-state index in [1.807, 2.05) is 35.7 Å². The number of nitro groups is 1. The normalized spacial score (nSPS) is 14.5. The zero-order chi connectivity index (χ0) is 29.4. The summed E-state index contributed by atoms with van der Waals surface area (Å²) in [6.45, 7) is 1.37. The van der Waals surface area contributed by atoms with Crippen molar-refractivity contribution in [3.8, 4) is 11.5 Å². The summed E-state index contributed by atoms with van der Waals surface area (Å²) in [7, 11) is 3.15. The summed E-state index contributed by atoms with van der Waals surface area (Å²) in [6.07, 6.45) is 1.96. The molecular formula is C29H32ClN3O7S. The van der Waals surface area contributed by atoms with Gasteiger partial charge in [0.25, 0.3) is 11.6 Å². The number of thiophene rings is 1. The van der Waals surface area contributed by atoms with E-state index in [1.165, 1.54) is 17.0 Å². The Labute approximate surface area is 247 Å². The van der Waals surface area contributed by atoms with Crippen LogP contribution in [-0.2, 0) is 22.5 Å². The molecule has 2 heterocycles. The van der Waals surface area contributed by atoms with Gasteiger partial charge in [-0.2, -0.15) is 0 Å². The highest BCUT2D eigenvalue weighted by Gasteiger charge is 2.28. The summed E-state index contributed by atoms with van der Waals surface area (Å²) in [4.78, 5) is 42.4. The van der Waals surface area contributed by atoms with Crippen LogP contribution >= 0.6 is 22.9 Å². The summed E-state index contributed by atoms with van der Waals surface area (Å²) in [5.74, 6) is 0.485. The highest BCUT2D eigenvalue weighted by Crippen LogP contribution is 2.28. The summed E-state index contributed by atoms with van der Waals surface area (Å²) < 4.78 is 16.5. The number of amides is 2. The van der Waals surface area contributed by atoms with Crippen molar-refractivity contribution >= 4 is 40.4 Å². The van der Waals surface area contributed by atoms with E-state index in [2.05, 4.69) is 0 Å². The predicted octanol–water partition coefficient (Wildman–Crippen LogP) is 5.22. The molecule has 0 aliphatic carbocycles. The van der Waals surface area contributed by atoms with E-state index < -0.39 is 10.8 Å². The molecule has 4 rings (SSSR count). The lowest BCUT2D eigenvalue weighted by Crippen LogP contribution is -2.45. The molecule has 2 aromatic carbocycles. The Morgan fingerprint density at radius 2 is 1.93 bits per heavy atom. The average molecular weight is 602 g/mol. The number of rotatable bonds is 13. The van der Waals surface area contributed by atoms with Crippen LogP contribution in [0, 0.1) is 10.1 Å². The fourth-order valence-electron chi connectivity index (χ4n) is 4.67. The van der Waals surface area contributed by atoms with Crippen molar-refractivity contribution in [3.63, 3.8) is 0 Å². The second-order valence-corrected chi connectivity index (χ2v) is 11.0. The first-order chi connectivity index (χ1) is 19.8. The second-order valence-electron chi connectivity index (χ2n) is 9.58. The van der Waals surface area contributed by atoms with Gasteiger partial charge in [-0.1, -0.05) is 23.7 Å². The van der Waals surface area contributed by atoms with Crippen molar-refractivity contribution in [1.82, 2.24) is 9.80 Å². The smallest absolute Gasteiger partial charge is 0.288 e. The lowest BCUT2D eigenvalue weighted by molar-refractivity contribution is -0.384. The van der Waals surface area contributed by atoms with Gasteiger partial charge in [-0.3, -0.25) is 19.7 Å². The van der Waals surface area contributed by atoms with Crippen molar-refractivity contribution < 1.29 is 28.7 Å². The maximum absolute atomic E-state index is 13.8. The molecular weight excluding hydrogens is 570 g/mol. The summed E-state index contributed by atoms with van der Waals surface area (Å²) in [5.41, 5.74) is 0.685. The number of hydrogen-bond donors (Lipinski definition) is 0. The largest absolute Gasteiger partial charge is 0.493 e. The lowest BCUT2D eigenvalue weighted by atomic mass is 10.1. The van der Waals surface area contributed by atoms with Crippen molar-refractivity contribution in [2.75, 3.05) is 40.5 Å². The van der Waals surface area contributed by atoms with Gasteiger partial charge in [-0.15, -0.1) is 11.3 Å². The molecule has 0 bridgehead atoms. The minimum atomic E-state index is -0.633. The zero-order valence-electron chi connectivity index (χ0n) is 22.9. The maximum atomic E-state index is 13.8. The molecule has 41 heavy (non-hydrogen) atoms. The predicted molar refractivity (Wildman–Crippen MR) is 156 cm³/mol. The van der Waals surface area contributed by atoms with Crippen LogP contribution in [0.15, 0.2) is 53.9 Å². The van der Waals surface area contributed by atoms with Crippen LogP contribution in [0.2, 0.25) is 5.02 Å². The van der Waals surface area contributed by atoms with Gasteiger partial charge in [-0.05, 0) is 60.5 Å². The number of carbonyl (C=O) groups is 2. The fraction of sp³-hybridized carbons (Fsp3) is 0.379. The third-order valence-corrected chi connectivity index (χ3v) is 8.03. The first-order valence-corrected chi connectivity index (χ1v) is 14.4. The van der Waals surface area contributed by atoms with Crippen LogP contribution in [-0.4, -0.2) is 73.1 Å². The zero-order valence-corrected chi connectivity index (χ0v) is 24.5. The van der Waals surface area contributed by atoms with Gasteiger partial charge < -0.3 is 24.0 Å². The van der Waals surface area contributed by atoms with Gasteiger partial charge in [0, 0.05) is 36.2 Å². The van der Waals surface area contributed by atoms with Gasteiger partial charge in [0.2, 0.25) is 5.91 Å². The van der Waals surface area contributed by atoms with E-state index in [9.17, 15) is 19.7 Å². The molecule has 0 N–H and O–H groups in total. The molecule has 2 amide bonds. The Balaban J connectivity index is 1.55. The maximum Gasteiger partial charge on any atom is 0.288 e. The highest BCUT2D eigenvalue weighted by atomic mass is 35.5. The third-order valence-electron chi connectivity index (χ3n) is 6.85. The topological polar surface area (TPSA) is 111 Å². The molecule has 3 aromatic rings. The van der Waals surface area contributed by atoms with Gasteiger partial charge in [0.1, 0.15) is 11.6 Å². The lowest BCUT2D eigenvalue weighted by Gasteiger charge is -2.29. The highest BCUT2D eigenvalue weighted by molar-refractivity contribution is 7.09. The standard InChI is InChI=1S/C29H32ClN3O7S/c1-38-26-10-7-20(15-27(26)39-2)11-12-31(18-23-6-4-14-41-23)28(34)19-32(17-22-5-3-13-40-22)29(35)21-8-9-24(30)25(16-21)33(36)37/h4,6-10,14-16,22H,3,5,11-13,17-19H2,1-2H3. The van der Waals surface area contributed by atoms with Crippen molar-refractivity contribution in [2.45, 2.75) is 31.9 Å². The van der Waals surface area contributed by atoms with Gasteiger partial charge in [0.05, 0.1) is 31.8 Å². The van der Waals surface area contributed by atoms with E-state index in [1.54, 1.807) is 30.5 Å². The minimum absolute atomic E-state index is 0.0643. The second kappa shape index (κ2) is 14.3. The number of nitro benzene ring substituents is 1. The molecule has 10 nitrogen and oxygen atoms in total. The number of carbonyl (C=O) groups excluding carboxylic acids is 2. The van der Waals surface area contributed by atoms with E-state index >= 15 is 0 Å². The molecule has 1 atom stereocenters. The number of hydrogen-bond acceptors (Lipinski definition) is 8. The van der Waals surface area contributed by atoms with E-state index in [0.29, 0.717) is 37.6 Å². The fourth-order valence-corrected chi connectivity index (χ4v) is 5.57. The average Bonchev–Trinajstić information content (AvgIpc) is 3.69. The molecule has 1 aromatic heterocycles. The van der Waals surface area contributed by atoms with Crippen LogP contribution in [0.5, 0.6) is 11.5 Å². The summed E-state index contributed by atoms with van der Waals surface area (Å²) in [5, 5.41) is 13.3. The molecule has 0 spiro atoms. The number of methoxy groups -OCH3 is 2. The molecule has 1 saturated heterocycles. The summed E-state index contributed by atoms with van der Waals surface area (Å²) >= 11 is 7.51. The van der Waals surface area contributed by atoms with Crippen molar-refractivity contribution in [3.05, 3.63) is 85.1 Å². The number of ether oxygens (including phenoxy) is 3. The van der Waals surface area contributed by atoms with Gasteiger partial charge in [0.15, 0.2) is 11.5 Å². The van der Waals surface area contributed by atoms with Crippen LogP contribution < -0.4 is 9.47 Å². The molecule has 1 unspecified atom stereocenters. The SMILES string of the molecule is COc1ccc(CCN(Cc2cccs2)C(=O)CN(CC2CCCO2)C(=O)c2ccc(Cl)c([N+](=O)[O-])c2)cc1OC. The van der Waals surface area contributed by atoms with Gasteiger partial charge >= 0.3 is 0 Å². The van der Waals surface area contributed by atoms with E-state index in [4.69, 9.17) is 25.8 Å². The molecule has 218 valence electrons. The van der Waals surface area contributed by atoms with Crippen LogP contribution in [0.4, 0.5) is 5.69 Å². The van der Waals surface area contributed by atoms with Crippen molar-refractivity contribution in [1.29, 1.82) is 0 Å². The summed E-state index contributed by atoms with van der Waals surface area (Å²) in [6, 6.07) is 13.4. The third kappa shape index (κ3) is 7.96. The van der Waals surface area contributed by atoms with Crippen LogP contribution in [0.25, 0.3) is 0 Å². The van der Waals surface area contributed by atoms with Gasteiger partial charge in [-0.25, -0.2) is 0 Å². The van der Waals surface area contributed by atoms with Crippen LogP contribution in [0.1, 0.15) is 33.6 Å². The molecule has 12 heteroatoms. The molecule has 0 radical (unpaired) electrons. The van der Waals surface area contributed by atoms with E-state index in [0.717, 1.165) is 29.3 Å². The quantitative estimate of drug-likeness (QED) is 0.195. The first kappa shape index (κ1) is 30.3. The Bertz CT molecular complexity index is 1360. The minimum Gasteiger partial charge on any atom is -0.493 e. The Morgan fingerprint density at radius 3 is 2.59 bits per heavy atom. The van der Waals surface area contributed by atoms with Crippen molar-refractivity contribution in [2.24, 2.45) is 0 Å². The number of nitrogens with zero attached hydrogens (tertiary/aromatic N) is 3. The Hall–Kier alpha value is -3.67.